The molecule has 1 unspecified atom stereocenters. The van der Waals surface area contributed by atoms with E-state index in [4.69, 9.17) is 16.6 Å². The van der Waals surface area contributed by atoms with Crippen LogP contribution in [0, 0.1) is 27.2 Å². The second-order valence-corrected chi connectivity index (χ2v) is 9.06. The lowest BCUT2D eigenvalue weighted by Crippen LogP contribution is -2.48. The first-order valence-electron chi connectivity index (χ1n) is 11.3. The fraction of sp³-hybridized carbons (Fsp3) is 0.0800. The van der Waals surface area contributed by atoms with Gasteiger partial charge >= 0.3 is 0 Å². The second kappa shape index (κ2) is 8.49. The van der Waals surface area contributed by atoms with Gasteiger partial charge in [0.1, 0.15) is 5.02 Å². The van der Waals surface area contributed by atoms with Crippen LogP contribution >= 0.6 is 11.6 Å². The van der Waals surface area contributed by atoms with Crippen molar-refractivity contribution in [3.05, 3.63) is 109 Å². The van der Waals surface area contributed by atoms with Gasteiger partial charge in [-0.15, -0.1) is 0 Å². The molecule has 0 bridgehead atoms. The van der Waals surface area contributed by atoms with Gasteiger partial charge in [-0.2, -0.15) is 5.10 Å². The molecular weight excluding hydrogens is 514 g/mol. The summed E-state index contributed by atoms with van der Waals surface area (Å²) < 4.78 is 1.50. The summed E-state index contributed by atoms with van der Waals surface area (Å²) in [6.07, 6.45) is 0. The molecule has 1 atom stereocenters. The molecule has 38 heavy (non-hydrogen) atoms. The number of benzene rings is 3. The number of aromatic nitrogens is 2. The van der Waals surface area contributed by atoms with Crippen molar-refractivity contribution in [3.63, 3.8) is 0 Å². The minimum absolute atomic E-state index is 0.0150. The summed E-state index contributed by atoms with van der Waals surface area (Å²) in [5.74, 6) is -0.0569. The van der Waals surface area contributed by atoms with Crippen LogP contribution in [0.1, 0.15) is 22.9 Å². The Morgan fingerprint density at radius 3 is 2.45 bits per heavy atom. The van der Waals surface area contributed by atoms with Gasteiger partial charge in [0.25, 0.3) is 17.3 Å². The Kier molecular flexibility index (Phi) is 5.21. The maximum absolute atomic E-state index is 13.3. The van der Waals surface area contributed by atoms with E-state index in [0.717, 1.165) is 0 Å². The van der Waals surface area contributed by atoms with Crippen molar-refractivity contribution in [1.82, 2.24) is 9.78 Å². The number of hydrogen-bond acceptors (Lipinski definition) is 8. The van der Waals surface area contributed by atoms with E-state index in [1.165, 1.54) is 41.1 Å². The van der Waals surface area contributed by atoms with E-state index in [-0.39, 0.29) is 22.2 Å². The standard InChI is InChI=1S/C25H16ClN7O5/c1-13-21-22(14-6-11-17(26)20(12-14)33(37)38)30-19-5-3-2-4-18(19)27-25(34)24(30)28-23(21)31(29-13)15-7-9-16(10-8-15)32(35)36/h2-12,22H,1H3,(H,27,34). The van der Waals surface area contributed by atoms with Crippen LogP contribution in [-0.2, 0) is 4.79 Å². The number of amidine groups is 1. The fourth-order valence-electron chi connectivity index (χ4n) is 4.79. The molecule has 0 saturated heterocycles. The van der Waals surface area contributed by atoms with Gasteiger partial charge in [-0.05, 0) is 42.8 Å². The van der Waals surface area contributed by atoms with Crippen LogP contribution in [0.2, 0.25) is 5.02 Å². The molecule has 0 fully saturated rings. The van der Waals surface area contributed by atoms with Gasteiger partial charge in [0.2, 0.25) is 5.84 Å². The number of hydrogen-bond donors (Lipinski definition) is 1. The Morgan fingerprint density at radius 2 is 1.74 bits per heavy atom. The number of aryl methyl sites for hydroxylation is 1. The number of carbonyl (C=O) groups excluding carboxylic acids is 1. The zero-order chi connectivity index (χ0) is 26.7. The van der Waals surface area contributed by atoms with Crippen molar-refractivity contribution in [2.24, 2.45) is 4.99 Å². The molecule has 1 N–H and O–H groups in total. The summed E-state index contributed by atoms with van der Waals surface area (Å²) >= 11 is 6.11. The van der Waals surface area contributed by atoms with E-state index in [1.54, 1.807) is 30.0 Å². The Hall–Kier alpha value is -5.10. The molecule has 0 saturated carbocycles. The van der Waals surface area contributed by atoms with Crippen molar-refractivity contribution in [1.29, 1.82) is 0 Å². The van der Waals surface area contributed by atoms with Crippen LogP contribution in [0.4, 0.5) is 28.6 Å². The molecule has 3 heterocycles. The number of anilines is 2. The highest BCUT2D eigenvalue weighted by molar-refractivity contribution is 6.50. The summed E-state index contributed by atoms with van der Waals surface area (Å²) in [5.41, 5.74) is 3.04. The van der Waals surface area contributed by atoms with Crippen molar-refractivity contribution in [3.8, 4) is 5.69 Å². The number of nitro groups is 2. The van der Waals surface area contributed by atoms with Crippen LogP contribution in [0.5, 0.6) is 0 Å². The smallest absolute Gasteiger partial charge is 0.291 e. The normalized spacial score (nSPS) is 15.6. The predicted octanol–water partition coefficient (Wildman–Crippen LogP) is 5.24. The fourth-order valence-corrected chi connectivity index (χ4v) is 4.98. The molecule has 188 valence electrons. The molecule has 13 heteroatoms. The third kappa shape index (κ3) is 3.50. The van der Waals surface area contributed by atoms with Gasteiger partial charge in [0, 0.05) is 23.8 Å². The summed E-state index contributed by atoms with van der Waals surface area (Å²) in [5, 5.41) is 30.3. The number of rotatable bonds is 4. The maximum Gasteiger partial charge on any atom is 0.291 e. The summed E-state index contributed by atoms with van der Waals surface area (Å²) in [7, 11) is 0. The Bertz CT molecular complexity index is 1710. The first kappa shape index (κ1) is 23.3. The molecule has 0 aliphatic carbocycles. The number of non-ortho nitro benzene ring substituents is 1. The molecule has 0 radical (unpaired) electrons. The van der Waals surface area contributed by atoms with E-state index in [0.29, 0.717) is 39.7 Å². The lowest BCUT2D eigenvalue weighted by molar-refractivity contribution is -0.385. The van der Waals surface area contributed by atoms with Crippen LogP contribution < -0.4 is 10.2 Å². The first-order valence-corrected chi connectivity index (χ1v) is 11.7. The Morgan fingerprint density at radius 1 is 1.00 bits per heavy atom. The quantitative estimate of drug-likeness (QED) is 0.280. The average molecular weight is 530 g/mol. The molecule has 2 aliphatic rings. The van der Waals surface area contributed by atoms with Gasteiger partial charge in [-0.3, -0.25) is 25.0 Å². The Labute approximate surface area is 219 Å². The number of nitrogens with one attached hydrogen (secondary N) is 1. The number of fused-ring (bicyclic) bond motifs is 4. The van der Waals surface area contributed by atoms with Crippen LogP contribution in [0.15, 0.2) is 71.7 Å². The number of para-hydroxylation sites is 2. The van der Waals surface area contributed by atoms with Gasteiger partial charge in [-0.1, -0.05) is 29.8 Å². The molecule has 4 aromatic rings. The summed E-state index contributed by atoms with van der Waals surface area (Å²) in [6.45, 7) is 1.77. The Balaban J connectivity index is 1.63. The summed E-state index contributed by atoms with van der Waals surface area (Å²) in [6, 6.07) is 16.8. The number of nitrogens with zero attached hydrogens (tertiary/aromatic N) is 6. The topological polar surface area (TPSA) is 149 Å². The second-order valence-electron chi connectivity index (χ2n) is 8.66. The number of halogens is 1. The number of amides is 1. The SMILES string of the molecule is Cc1nn(-c2ccc([N+](=O)[O-])cc2)c2c1C(c1ccc(Cl)c([N+](=O)[O-])c1)N1C(=N2)C(=O)Nc2ccccc21. The molecule has 6 rings (SSSR count). The molecule has 0 spiro atoms. The predicted molar refractivity (Wildman–Crippen MR) is 140 cm³/mol. The van der Waals surface area contributed by atoms with Crippen molar-refractivity contribution in [2.45, 2.75) is 13.0 Å². The van der Waals surface area contributed by atoms with E-state index >= 15 is 0 Å². The van der Waals surface area contributed by atoms with Crippen molar-refractivity contribution < 1.29 is 14.6 Å². The minimum Gasteiger partial charge on any atom is -0.317 e. The highest BCUT2D eigenvalue weighted by Gasteiger charge is 2.43. The molecule has 3 aromatic carbocycles. The van der Waals surface area contributed by atoms with Crippen molar-refractivity contribution in [2.75, 3.05) is 10.2 Å². The van der Waals surface area contributed by atoms with E-state index < -0.39 is 21.8 Å². The van der Waals surface area contributed by atoms with Gasteiger partial charge < -0.3 is 10.2 Å². The van der Waals surface area contributed by atoms with Crippen LogP contribution in [0.25, 0.3) is 5.69 Å². The number of carbonyl (C=O) groups is 1. The molecule has 1 amide bonds. The number of nitro benzene ring substituents is 2. The van der Waals surface area contributed by atoms with Crippen LogP contribution in [-0.4, -0.2) is 31.4 Å². The van der Waals surface area contributed by atoms with E-state index in [9.17, 15) is 25.0 Å². The van der Waals surface area contributed by atoms with E-state index in [2.05, 4.69) is 10.4 Å². The third-order valence-corrected chi connectivity index (χ3v) is 6.78. The monoisotopic (exact) mass is 529 g/mol. The lowest BCUT2D eigenvalue weighted by Gasteiger charge is -2.40. The largest absolute Gasteiger partial charge is 0.317 e. The number of aliphatic imine (C=N–C) groups is 1. The lowest BCUT2D eigenvalue weighted by atomic mass is 9.93. The first-order chi connectivity index (χ1) is 18.2. The summed E-state index contributed by atoms with van der Waals surface area (Å²) in [4.78, 5) is 41.5. The van der Waals surface area contributed by atoms with Crippen LogP contribution in [0.3, 0.4) is 0 Å². The molecule has 2 aliphatic heterocycles. The maximum atomic E-state index is 13.3. The minimum atomic E-state index is -0.715. The zero-order valence-electron chi connectivity index (χ0n) is 19.5. The van der Waals surface area contributed by atoms with Crippen molar-refractivity contribution >= 4 is 51.9 Å². The van der Waals surface area contributed by atoms with Gasteiger partial charge in [-0.25, -0.2) is 9.67 Å². The molecular formula is C25H16ClN7O5. The van der Waals surface area contributed by atoms with E-state index in [1.807, 2.05) is 12.1 Å². The third-order valence-electron chi connectivity index (χ3n) is 6.46. The highest BCUT2D eigenvalue weighted by Crippen LogP contribution is 2.48. The zero-order valence-corrected chi connectivity index (χ0v) is 20.3. The van der Waals surface area contributed by atoms with Gasteiger partial charge in [0.15, 0.2) is 5.82 Å². The average Bonchev–Trinajstić information content (AvgIpc) is 3.24. The van der Waals surface area contributed by atoms with Gasteiger partial charge in [0.05, 0.1) is 38.6 Å². The molecule has 1 aromatic heterocycles. The molecule has 12 nitrogen and oxygen atoms in total. The highest BCUT2D eigenvalue weighted by atomic mass is 35.5.